The van der Waals surface area contributed by atoms with Gasteiger partial charge in [-0.15, -0.1) is 0 Å². The first kappa shape index (κ1) is 20.4. The van der Waals surface area contributed by atoms with Crippen molar-refractivity contribution in [1.29, 1.82) is 0 Å². The van der Waals surface area contributed by atoms with Gasteiger partial charge in [0.05, 0.1) is 7.11 Å². The lowest BCUT2D eigenvalue weighted by molar-refractivity contribution is 0.0746. The van der Waals surface area contributed by atoms with E-state index in [9.17, 15) is 4.79 Å². The molecule has 0 N–H and O–H groups in total. The standard InChI is InChI=1S/C22H30N6O2/c1-17-23-20(26-10-8-25(2)9-11-26)16-21(24-17)27-12-14-28(15-13-27)22(29)18-4-6-19(30-3)7-5-18/h4-7,16H,8-15H2,1-3H3. The molecule has 8 heteroatoms. The number of carbonyl (C=O) groups is 1. The van der Waals surface area contributed by atoms with Gasteiger partial charge in [-0.25, -0.2) is 9.97 Å². The molecule has 2 aliphatic rings. The number of aromatic nitrogens is 2. The summed E-state index contributed by atoms with van der Waals surface area (Å²) in [6, 6.07) is 9.40. The Morgan fingerprint density at radius 3 is 1.93 bits per heavy atom. The Labute approximate surface area is 178 Å². The summed E-state index contributed by atoms with van der Waals surface area (Å²) < 4.78 is 5.18. The van der Waals surface area contributed by atoms with Crippen molar-refractivity contribution in [3.05, 3.63) is 41.7 Å². The minimum absolute atomic E-state index is 0.0642. The largest absolute Gasteiger partial charge is 0.497 e. The molecule has 4 rings (SSSR count). The van der Waals surface area contributed by atoms with Crippen LogP contribution in [0.1, 0.15) is 16.2 Å². The van der Waals surface area contributed by atoms with Crippen LogP contribution in [0.3, 0.4) is 0 Å². The number of hydrogen-bond acceptors (Lipinski definition) is 7. The second-order valence-electron chi connectivity index (χ2n) is 7.93. The van der Waals surface area contributed by atoms with Gasteiger partial charge in [0.1, 0.15) is 23.2 Å². The fraction of sp³-hybridized carbons (Fsp3) is 0.500. The minimum Gasteiger partial charge on any atom is -0.497 e. The van der Waals surface area contributed by atoms with Gasteiger partial charge in [0, 0.05) is 64.0 Å². The van der Waals surface area contributed by atoms with Crippen LogP contribution < -0.4 is 14.5 Å². The molecule has 1 aromatic carbocycles. The number of aryl methyl sites for hydroxylation is 1. The van der Waals surface area contributed by atoms with E-state index in [1.165, 1.54) is 0 Å². The minimum atomic E-state index is 0.0642. The highest BCUT2D eigenvalue weighted by molar-refractivity contribution is 5.94. The van der Waals surface area contributed by atoms with Crippen LogP contribution in [0.5, 0.6) is 5.75 Å². The van der Waals surface area contributed by atoms with E-state index < -0.39 is 0 Å². The molecule has 2 saturated heterocycles. The van der Waals surface area contributed by atoms with Crippen LogP contribution in [0.15, 0.2) is 30.3 Å². The lowest BCUT2D eigenvalue weighted by Crippen LogP contribution is -2.49. The third kappa shape index (κ3) is 4.48. The predicted molar refractivity (Wildman–Crippen MR) is 118 cm³/mol. The Morgan fingerprint density at radius 1 is 0.867 bits per heavy atom. The number of anilines is 2. The number of likely N-dealkylation sites (N-methyl/N-ethyl adjacent to an activating group) is 1. The van der Waals surface area contributed by atoms with Gasteiger partial charge in [-0.2, -0.15) is 0 Å². The van der Waals surface area contributed by atoms with Crippen LogP contribution in [0.25, 0.3) is 0 Å². The molecule has 8 nitrogen and oxygen atoms in total. The molecule has 0 atom stereocenters. The summed E-state index contributed by atoms with van der Waals surface area (Å²) in [6.45, 7) is 8.89. The monoisotopic (exact) mass is 410 g/mol. The van der Waals surface area contributed by atoms with Gasteiger partial charge < -0.3 is 24.3 Å². The maximum absolute atomic E-state index is 12.8. The summed E-state index contributed by atoms with van der Waals surface area (Å²) in [5.41, 5.74) is 0.694. The molecule has 2 fully saturated rings. The van der Waals surface area contributed by atoms with Crippen molar-refractivity contribution in [2.45, 2.75) is 6.92 Å². The second kappa shape index (κ2) is 8.87. The van der Waals surface area contributed by atoms with Gasteiger partial charge in [0.15, 0.2) is 0 Å². The van der Waals surface area contributed by atoms with Crippen LogP contribution >= 0.6 is 0 Å². The van der Waals surface area contributed by atoms with E-state index in [2.05, 4.69) is 37.8 Å². The van der Waals surface area contributed by atoms with Crippen molar-refractivity contribution in [3.8, 4) is 5.75 Å². The van der Waals surface area contributed by atoms with E-state index in [-0.39, 0.29) is 5.91 Å². The second-order valence-corrected chi connectivity index (χ2v) is 7.93. The molecule has 1 aromatic heterocycles. The summed E-state index contributed by atoms with van der Waals surface area (Å²) >= 11 is 0. The Balaban J connectivity index is 1.40. The Bertz CT molecular complexity index is 872. The quantitative estimate of drug-likeness (QED) is 0.757. The number of methoxy groups -OCH3 is 1. The highest BCUT2D eigenvalue weighted by Crippen LogP contribution is 2.22. The van der Waals surface area contributed by atoms with E-state index in [4.69, 9.17) is 4.74 Å². The maximum atomic E-state index is 12.8. The number of benzene rings is 1. The number of ether oxygens (including phenoxy) is 1. The van der Waals surface area contributed by atoms with Crippen molar-refractivity contribution >= 4 is 17.5 Å². The molecule has 160 valence electrons. The zero-order chi connectivity index (χ0) is 21.1. The van der Waals surface area contributed by atoms with Gasteiger partial charge in [-0.3, -0.25) is 4.79 Å². The highest BCUT2D eigenvalue weighted by Gasteiger charge is 2.24. The zero-order valence-electron chi connectivity index (χ0n) is 18.0. The summed E-state index contributed by atoms with van der Waals surface area (Å²) in [5, 5.41) is 0. The molecule has 1 amide bonds. The Kier molecular flexibility index (Phi) is 6.03. The van der Waals surface area contributed by atoms with Crippen LogP contribution in [0.2, 0.25) is 0 Å². The van der Waals surface area contributed by atoms with Crippen molar-refractivity contribution in [1.82, 2.24) is 19.8 Å². The van der Waals surface area contributed by atoms with Crippen LogP contribution in [0.4, 0.5) is 11.6 Å². The lowest BCUT2D eigenvalue weighted by Gasteiger charge is -2.37. The predicted octanol–water partition coefficient (Wildman–Crippen LogP) is 1.51. The van der Waals surface area contributed by atoms with Gasteiger partial charge in [-0.1, -0.05) is 0 Å². The van der Waals surface area contributed by atoms with Crippen LogP contribution in [-0.2, 0) is 0 Å². The molecular weight excluding hydrogens is 380 g/mol. The molecule has 2 aliphatic heterocycles. The number of carbonyl (C=O) groups excluding carboxylic acids is 1. The van der Waals surface area contributed by atoms with Crippen molar-refractivity contribution < 1.29 is 9.53 Å². The third-order valence-corrected chi connectivity index (χ3v) is 5.87. The van der Waals surface area contributed by atoms with Crippen LogP contribution in [-0.4, -0.2) is 92.2 Å². The number of amides is 1. The molecule has 2 aromatic rings. The molecule has 0 aliphatic carbocycles. The normalized spacial score (nSPS) is 17.9. The van der Waals surface area contributed by atoms with Crippen molar-refractivity contribution in [3.63, 3.8) is 0 Å². The van der Waals surface area contributed by atoms with Gasteiger partial charge in [0.2, 0.25) is 0 Å². The lowest BCUT2D eigenvalue weighted by atomic mass is 10.1. The average molecular weight is 411 g/mol. The van der Waals surface area contributed by atoms with E-state index in [0.717, 1.165) is 62.5 Å². The number of hydrogen-bond donors (Lipinski definition) is 0. The van der Waals surface area contributed by atoms with E-state index in [1.54, 1.807) is 7.11 Å². The zero-order valence-corrected chi connectivity index (χ0v) is 18.0. The molecule has 0 unspecified atom stereocenters. The maximum Gasteiger partial charge on any atom is 0.253 e. The van der Waals surface area contributed by atoms with E-state index in [0.29, 0.717) is 18.7 Å². The fourth-order valence-corrected chi connectivity index (χ4v) is 3.95. The molecule has 3 heterocycles. The summed E-state index contributed by atoms with van der Waals surface area (Å²) in [5.74, 6) is 3.56. The number of rotatable bonds is 4. The summed E-state index contributed by atoms with van der Waals surface area (Å²) in [4.78, 5) is 31.0. The summed E-state index contributed by atoms with van der Waals surface area (Å²) in [7, 11) is 3.78. The van der Waals surface area contributed by atoms with Crippen molar-refractivity contribution in [2.24, 2.45) is 0 Å². The van der Waals surface area contributed by atoms with E-state index >= 15 is 0 Å². The molecule has 0 saturated carbocycles. The van der Waals surface area contributed by atoms with Gasteiger partial charge in [0.25, 0.3) is 5.91 Å². The Hall–Kier alpha value is -2.87. The molecule has 0 bridgehead atoms. The van der Waals surface area contributed by atoms with Crippen LogP contribution in [0, 0.1) is 6.92 Å². The first-order chi connectivity index (χ1) is 14.5. The average Bonchev–Trinajstić information content (AvgIpc) is 2.79. The molecular formula is C22H30N6O2. The first-order valence-corrected chi connectivity index (χ1v) is 10.5. The van der Waals surface area contributed by atoms with E-state index in [1.807, 2.05) is 36.1 Å². The number of piperazine rings is 2. The topological polar surface area (TPSA) is 65.0 Å². The van der Waals surface area contributed by atoms with Crippen molar-refractivity contribution in [2.75, 3.05) is 76.3 Å². The molecule has 30 heavy (non-hydrogen) atoms. The number of nitrogens with zero attached hydrogens (tertiary/aromatic N) is 6. The fourth-order valence-electron chi connectivity index (χ4n) is 3.95. The molecule has 0 spiro atoms. The van der Waals surface area contributed by atoms with Gasteiger partial charge >= 0.3 is 0 Å². The first-order valence-electron chi connectivity index (χ1n) is 10.5. The Morgan fingerprint density at radius 2 is 1.40 bits per heavy atom. The SMILES string of the molecule is COc1ccc(C(=O)N2CCN(c3cc(N4CCN(C)CC4)nc(C)n3)CC2)cc1. The molecule has 0 radical (unpaired) electrons. The smallest absolute Gasteiger partial charge is 0.253 e. The summed E-state index contributed by atoms with van der Waals surface area (Å²) in [6.07, 6.45) is 0. The van der Waals surface area contributed by atoms with Gasteiger partial charge in [-0.05, 0) is 38.2 Å². The third-order valence-electron chi connectivity index (χ3n) is 5.87. The highest BCUT2D eigenvalue weighted by atomic mass is 16.5.